The van der Waals surface area contributed by atoms with Crippen LogP contribution >= 0.6 is 34.4 Å². The van der Waals surface area contributed by atoms with E-state index in [4.69, 9.17) is 5.14 Å². The second-order valence-corrected chi connectivity index (χ2v) is 14.0. The number of halogens is 1. The molecule has 10 nitrogen and oxygen atoms in total. The quantitative estimate of drug-likeness (QED) is 0.311. The number of carbonyl (C=O) groups is 3. The average molecular weight is 631 g/mol. The van der Waals surface area contributed by atoms with Gasteiger partial charge in [0, 0.05) is 21.4 Å². The molecule has 41 heavy (non-hydrogen) atoms. The van der Waals surface area contributed by atoms with Crippen LogP contribution in [0.4, 0.5) is 15.8 Å². The van der Waals surface area contributed by atoms with Crippen LogP contribution in [0.2, 0.25) is 0 Å². The molecule has 210 valence electrons. The van der Waals surface area contributed by atoms with Gasteiger partial charge in [0.2, 0.25) is 27.7 Å². The fraction of sp³-hybridized carbons (Fsp3) is 0.154. The molecule has 2 aliphatic heterocycles. The van der Waals surface area contributed by atoms with Gasteiger partial charge in [-0.05, 0) is 60.0 Å². The van der Waals surface area contributed by atoms with Crippen molar-refractivity contribution in [3.8, 4) is 0 Å². The Morgan fingerprint density at radius 1 is 1.00 bits per heavy atom. The summed E-state index contributed by atoms with van der Waals surface area (Å²) in [5, 5.41) is 9.16. The molecule has 3 N–H and O–H groups in total. The highest BCUT2D eigenvalue weighted by atomic mass is 32.2. The third-order valence-corrected chi connectivity index (χ3v) is 11.2. The average Bonchev–Trinajstić information content (AvgIpc) is 3.62. The second kappa shape index (κ2) is 10.3. The molecule has 3 amide bonds. The molecule has 2 aliphatic rings. The van der Waals surface area contributed by atoms with Crippen LogP contribution < -0.4 is 20.2 Å². The molecule has 2 unspecified atom stereocenters. The number of hydrogen-bond acceptors (Lipinski definition) is 9. The van der Waals surface area contributed by atoms with Crippen molar-refractivity contribution < 1.29 is 27.2 Å². The number of thiazole rings is 1. The maximum absolute atomic E-state index is 13.7. The number of benzene rings is 2. The summed E-state index contributed by atoms with van der Waals surface area (Å²) in [5.74, 6) is -3.33. The number of fused-ring (bicyclic) bond motifs is 2. The number of sulfonamides is 1. The first kappa shape index (κ1) is 27.5. The fourth-order valence-corrected chi connectivity index (χ4v) is 9.18. The summed E-state index contributed by atoms with van der Waals surface area (Å²) in [6.07, 6.45) is 0. The SMILES string of the molecule is NS(=O)(=O)c1ccc(NC(=O)Cn2c3c(sc2=O)[C@H](c2cccs2)C2C(=O)N(c4ccc(F)cc4)C(=O)C2S3)cc1. The van der Waals surface area contributed by atoms with E-state index in [2.05, 4.69) is 5.32 Å². The Morgan fingerprint density at radius 3 is 2.34 bits per heavy atom. The lowest BCUT2D eigenvalue weighted by Gasteiger charge is -2.29. The molecule has 4 heterocycles. The molecule has 4 aromatic rings. The molecule has 0 aliphatic carbocycles. The zero-order valence-electron chi connectivity index (χ0n) is 20.7. The standard InChI is InChI=1S/C26H19FN4O6S4/c27-13-3-7-15(8-4-13)31-23(33)20-19(17-2-1-11-38-17)22-25(39-21(20)24(31)34)30(26(35)40-22)12-18(32)29-14-5-9-16(10-6-14)41(28,36)37/h1-11,19-21H,12H2,(H,29,32)(H2,28,36,37)/t19-,20?,21?/m1/s1. The smallest absolute Gasteiger partial charge is 0.308 e. The van der Waals surface area contributed by atoms with Crippen LogP contribution in [0.25, 0.3) is 0 Å². The van der Waals surface area contributed by atoms with Gasteiger partial charge in [0.25, 0.3) is 0 Å². The van der Waals surface area contributed by atoms with Crippen molar-refractivity contribution in [2.45, 2.75) is 27.6 Å². The number of nitrogens with one attached hydrogen (secondary N) is 1. The molecule has 0 bridgehead atoms. The van der Waals surface area contributed by atoms with Gasteiger partial charge in [-0.25, -0.2) is 22.8 Å². The summed E-state index contributed by atoms with van der Waals surface area (Å²) < 4.78 is 37.8. The minimum absolute atomic E-state index is 0.116. The maximum Gasteiger partial charge on any atom is 0.308 e. The summed E-state index contributed by atoms with van der Waals surface area (Å²) in [6.45, 7) is -0.368. The Morgan fingerprint density at radius 2 is 1.71 bits per heavy atom. The molecular formula is C26H19FN4O6S4. The summed E-state index contributed by atoms with van der Waals surface area (Å²) in [7, 11) is -3.90. The van der Waals surface area contributed by atoms with Crippen LogP contribution in [-0.2, 0) is 31.0 Å². The number of rotatable bonds is 6. The van der Waals surface area contributed by atoms with E-state index in [1.807, 2.05) is 17.5 Å². The molecule has 1 fully saturated rings. The Kier molecular flexibility index (Phi) is 6.94. The van der Waals surface area contributed by atoms with E-state index in [9.17, 15) is 32.0 Å². The number of thioether (sulfide) groups is 1. The number of thiophene rings is 1. The Labute approximate surface area is 244 Å². The Balaban J connectivity index is 1.33. The van der Waals surface area contributed by atoms with Gasteiger partial charge in [-0.15, -0.1) is 11.3 Å². The monoisotopic (exact) mass is 630 g/mol. The van der Waals surface area contributed by atoms with Gasteiger partial charge < -0.3 is 5.32 Å². The normalized spacial score (nSPS) is 20.1. The first-order valence-electron chi connectivity index (χ1n) is 12.0. The number of imide groups is 1. The fourth-order valence-electron chi connectivity index (χ4n) is 4.95. The van der Waals surface area contributed by atoms with Gasteiger partial charge in [0.1, 0.15) is 17.6 Å². The Hall–Kier alpha value is -3.63. The number of anilines is 2. The molecule has 0 saturated carbocycles. The van der Waals surface area contributed by atoms with E-state index in [-0.39, 0.29) is 17.1 Å². The zero-order valence-corrected chi connectivity index (χ0v) is 24.0. The van der Waals surface area contributed by atoms with Gasteiger partial charge in [0.15, 0.2) is 0 Å². The second-order valence-electron chi connectivity index (χ2n) is 9.29. The maximum atomic E-state index is 13.7. The number of nitrogens with two attached hydrogens (primary N) is 1. The van der Waals surface area contributed by atoms with Crippen molar-refractivity contribution in [3.63, 3.8) is 0 Å². The van der Waals surface area contributed by atoms with Crippen LogP contribution in [0, 0.1) is 11.7 Å². The molecular weight excluding hydrogens is 612 g/mol. The van der Waals surface area contributed by atoms with Crippen LogP contribution in [-0.4, -0.2) is 36.0 Å². The van der Waals surface area contributed by atoms with Crippen molar-refractivity contribution in [3.05, 3.63) is 91.3 Å². The molecule has 3 atom stereocenters. The van der Waals surface area contributed by atoms with Gasteiger partial charge in [-0.2, -0.15) is 0 Å². The van der Waals surface area contributed by atoms with E-state index in [0.717, 1.165) is 32.9 Å². The Bertz CT molecular complexity index is 1850. The minimum atomic E-state index is -3.90. The predicted octanol–water partition coefficient (Wildman–Crippen LogP) is 3.19. The van der Waals surface area contributed by atoms with Gasteiger partial charge in [0.05, 0.1) is 21.5 Å². The first-order valence-corrected chi connectivity index (χ1v) is 16.1. The molecule has 6 rings (SSSR count). The highest BCUT2D eigenvalue weighted by Gasteiger charge is 2.57. The van der Waals surface area contributed by atoms with Crippen LogP contribution in [0.15, 0.2) is 80.8 Å². The van der Waals surface area contributed by atoms with Gasteiger partial charge in [-0.3, -0.25) is 23.7 Å². The lowest BCUT2D eigenvalue weighted by Crippen LogP contribution is -2.32. The van der Waals surface area contributed by atoms with Crippen molar-refractivity contribution >= 4 is 73.6 Å². The summed E-state index contributed by atoms with van der Waals surface area (Å²) in [4.78, 5) is 55.4. The third kappa shape index (κ3) is 4.93. The lowest BCUT2D eigenvalue weighted by atomic mass is 9.87. The number of hydrogen-bond donors (Lipinski definition) is 2. The van der Waals surface area contributed by atoms with Gasteiger partial charge in [-0.1, -0.05) is 29.2 Å². The molecule has 0 spiro atoms. The molecule has 15 heteroatoms. The molecule has 1 saturated heterocycles. The molecule has 0 radical (unpaired) electrons. The van der Waals surface area contributed by atoms with Crippen molar-refractivity contribution in [2.24, 2.45) is 11.1 Å². The minimum Gasteiger partial charge on any atom is -0.325 e. The van der Waals surface area contributed by atoms with Gasteiger partial charge >= 0.3 is 4.87 Å². The number of primary sulfonamides is 1. The highest BCUT2D eigenvalue weighted by molar-refractivity contribution is 8.00. The van der Waals surface area contributed by atoms with Crippen LogP contribution in [0.3, 0.4) is 0 Å². The summed E-state index contributed by atoms with van der Waals surface area (Å²) >= 11 is 3.40. The zero-order chi connectivity index (χ0) is 29.1. The number of carbonyl (C=O) groups excluding carboxylic acids is 3. The largest absolute Gasteiger partial charge is 0.325 e. The van der Waals surface area contributed by atoms with Crippen molar-refractivity contribution in [2.75, 3.05) is 10.2 Å². The van der Waals surface area contributed by atoms with E-state index in [1.165, 1.54) is 64.4 Å². The highest BCUT2D eigenvalue weighted by Crippen LogP contribution is 2.54. The summed E-state index contributed by atoms with van der Waals surface area (Å²) in [6, 6.07) is 14.0. The lowest BCUT2D eigenvalue weighted by molar-refractivity contribution is -0.122. The van der Waals surface area contributed by atoms with Crippen molar-refractivity contribution in [1.29, 1.82) is 0 Å². The third-order valence-electron chi connectivity index (χ3n) is 6.75. The first-order chi connectivity index (χ1) is 19.5. The van der Waals surface area contributed by atoms with Crippen molar-refractivity contribution in [1.82, 2.24) is 4.57 Å². The topological polar surface area (TPSA) is 149 Å². The number of aromatic nitrogens is 1. The predicted molar refractivity (Wildman–Crippen MR) is 153 cm³/mol. The van der Waals surface area contributed by atoms with E-state index in [0.29, 0.717) is 15.6 Å². The van der Waals surface area contributed by atoms with E-state index >= 15 is 0 Å². The molecule has 2 aromatic heterocycles. The summed E-state index contributed by atoms with van der Waals surface area (Å²) in [5.41, 5.74) is 0.560. The molecule has 2 aromatic carbocycles. The van der Waals surface area contributed by atoms with E-state index in [1.54, 1.807) is 0 Å². The number of amides is 3. The van der Waals surface area contributed by atoms with Crippen LogP contribution in [0.1, 0.15) is 15.7 Å². The van der Waals surface area contributed by atoms with Crippen LogP contribution in [0.5, 0.6) is 0 Å². The van der Waals surface area contributed by atoms with E-state index < -0.39 is 55.5 Å². The number of nitrogens with zero attached hydrogens (tertiary/aromatic N) is 2.